The molecule has 6 nitrogen and oxygen atoms in total. The highest BCUT2D eigenvalue weighted by Gasteiger charge is 2.47. The molecule has 12 heteroatoms. The topological polar surface area (TPSA) is 73.9 Å². The predicted molar refractivity (Wildman–Crippen MR) is 139 cm³/mol. The molecular formula is C28H29BrF5NO5. The summed E-state index contributed by atoms with van der Waals surface area (Å²) in [6.45, 7) is 6.16. The van der Waals surface area contributed by atoms with Crippen LogP contribution in [0.5, 0.6) is 11.5 Å². The minimum absolute atomic E-state index is 0.118. The van der Waals surface area contributed by atoms with Crippen molar-refractivity contribution >= 4 is 33.5 Å². The van der Waals surface area contributed by atoms with E-state index in [1.54, 1.807) is 39.0 Å². The van der Waals surface area contributed by atoms with Gasteiger partial charge in [0.1, 0.15) is 5.60 Å². The lowest BCUT2D eigenvalue weighted by Crippen LogP contribution is -2.34. The maximum Gasteiger partial charge on any atom is 0.586 e. The number of amides is 1. The molecule has 1 N–H and O–H groups in total. The van der Waals surface area contributed by atoms with Gasteiger partial charge in [-0.2, -0.15) is 13.2 Å². The minimum atomic E-state index is -4.77. The number of halogens is 6. The maximum absolute atomic E-state index is 13.9. The van der Waals surface area contributed by atoms with Gasteiger partial charge in [-0.05, 0) is 96.8 Å². The molecule has 1 unspecified atom stereocenters. The number of ether oxygens (including phenoxy) is 3. The van der Waals surface area contributed by atoms with Crippen molar-refractivity contribution in [3.8, 4) is 11.5 Å². The quantitative estimate of drug-likeness (QED) is 0.236. The number of fused-ring (bicyclic) bond motifs is 1. The lowest BCUT2D eigenvalue weighted by atomic mass is 9.85. The molecule has 1 aliphatic heterocycles. The van der Waals surface area contributed by atoms with Gasteiger partial charge in [0, 0.05) is 4.47 Å². The maximum atomic E-state index is 13.9. The first-order chi connectivity index (χ1) is 18.4. The van der Waals surface area contributed by atoms with Gasteiger partial charge in [0.25, 0.3) is 0 Å². The summed E-state index contributed by atoms with van der Waals surface area (Å²) < 4.78 is 83.2. The number of rotatable bonds is 8. The molecule has 1 heterocycles. The molecular weight excluding hydrogens is 605 g/mol. The largest absolute Gasteiger partial charge is 0.586 e. The zero-order chi connectivity index (χ0) is 29.6. The number of nitrogens with one attached hydrogen (secondary N) is 1. The molecule has 2 aromatic carbocycles. The third-order valence-electron chi connectivity index (χ3n) is 6.76. The molecule has 0 bridgehead atoms. The fraction of sp³-hybridized carbons (Fsp3) is 0.500. The molecule has 0 saturated heterocycles. The second-order valence-electron chi connectivity index (χ2n) is 11.1. The van der Waals surface area contributed by atoms with E-state index in [1.165, 1.54) is 0 Å². The van der Waals surface area contributed by atoms with Crippen molar-refractivity contribution in [2.24, 2.45) is 11.8 Å². The summed E-state index contributed by atoms with van der Waals surface area (Å²) in [5.74, 6) is -6.09. The Labute approximate surface area is 236 Å². The van der Waals surface area contributed by atoms with Crippen LogP contribution in [0.2, 0.25) is 0 Å². The van der Waals surface area contributed by atoms with Crippen LogP contribution in [0, 0.1) is 11.8 Å². The van der Waals surface area contributed by atoms with Crippen LogP contribution in [0.4, 0.5) is 27.6 Å². The molecule has 0 radical (unpaired) electrons. The average Bonchev–Trinajstić information content (AvgIpc) is 3.59. The number of hydrogen-bond donors (Lipinski definition) is 1. The first-order valence-corrected chi connectivity index (χ1v) is 13.5. The van der Waals surface area contributed by atoms with Crippen molar-refractivity contribution in [1.82, 2.24) is 0 Å². The Morgan fingerprint density at radius 2 is 1.68 bits per heavy atom. The number of esters is 1. The van der Waals surface area contributed by atoms with Crippen molar-refractivity contribution in [3.63, 3.8) is 0 Å². The molecule has 1 fully saturated rings. The van der Waals surface area contributed by atoms with E-state index < -0.39 is 41.6 Å². The minimum Gasteiger partial charge on any atom is -0.460 e. The average molecular weight is 634 g/mol. The number of hydrogen-bond acceptors (Lipinski definition) is 5. The Hall–Kier alpha value is -2.89. The van der Waals surface area contributed by atoms with Crippen molar-refractivity contribution in [1.29, 1.82) is 0 Å². The fourth-order valence-corrected chi connectivity index (χ4v) is 5.06. The van der Waals surface area contributed by atoms with E-state index in [2.05, 4.69) is 30.7 Å². The van der Waals surface area contributed by atoms with Gasteiger partial charge in [0.05, 0.1) is 23.9 Å². The van der Waals surface area contributed by atoms with E-state index >= 15 is 0 Å². The molecule has 1 amide bonds. The Balaban J connectivity index is 1.62. The highest BCUT2D eigenvalue weighted by atomic mass is 79.9. The van der Waals surface area contributed by atoms with E-state index in [1.807, 2.05) is 0 Å². The summed E-state index contributed by atoms with van der Waals surface area (Å²) in [7, 11) is 0. The molecule has 1 saturated carbocycles. The number of alkyl halides is 5. The standard InChI is InChI=1S/C28H29BrF5NO5/c1-14(27(30,31)32)24(17-8-10-21-22(12-17)39-28(33,34)38-21)25(37)35-20-11-16(7-9-19(20)29)18(15-5-6-15)13-23(36)40-26(2,3)4/h7-12,14-15,18,24H,5-6,13H2,1-4H3,(H,35,37)/t14-,18?,24-/m1/s1. The molecule has 0 aromatic heterocycles. The molecule has 1 aliphatic carbocycles. The van der Waals surface area contributed by atoms with Crippen LogP contribution in [0.25, 0.3) is 0 Å². The third kappa shape index (κ3) is 7.24. The van der Waals surface area contributed by atoms with Crippen molar-refractivity contribution in [3.05, 3.63) is 52.0 Å². The zero-order valence-electron chi connectivity index (χ0n) is 22.2. The lowest BCUT2D eigenvalue weighted by Gasteiger charge is -2.26. The van der Waals surface area contributed by atoms with Crippen LogP contribution < -0.4 is 14.8 Å². The van der Waals surface area contributed by atoms with Gasteiger partial charge in [-0.3, -0.25) is 9.59 Å². The summed E-state index contributed by atoms with van der Waals surface area (Å²) in [6.07, 6.45) is -6.78. The van der Waals surface area contributed by atoms with Gasteiger partial charge in [-0.25, -0.2) is 0 Å². The van der Waals surface area contributed by atoms with Gasteiger partial charge in [-0.1, -0.05) is 19.1 Å². The van der Waals surface area contributed by atoms with Crippen LogP contribution in [0.1, 0.15) is 69.9 Å². The molecule has 0 spiro atoms. The van der Waals surface area contributed by atoms with E-state index in [4.69, 9.17) is 4.74 Å². The molecule has 218 valence electrons. The smallest absolute Gasteiger partial charge is 0.460 e. The van der Waals surface area contributed by atoms with E-state index in [-0.39, 0.29) is 41.2 Å². The molecule has 4 rings (SSSR count). The normalized spacial score (nSPS) is 18.6. The van der Waals surface area contributed by atoms with Crippen LogP contribution in [-0.2, 0) is 14.3 Å². The van der Waals surface area contributed by atoms with E-state index in [0.29, 0.717) is 4.47 Å². The highest BCUT2D eigenvalue weighted by Crippen LogP contribution is 2.47. The van der Waals surface area contributed by atoms with E-state index in [0.717, 1.165) is 43.5 Å². The second-order valence-corrected chi connectivity index (χ2v) is 12.0. The summed E-state index contributed by atoms with van der Waals surface area (Å²) >= 11 is 3.34. The van der Waals surface area contributed by atoms with Crippen LogP contribution in [0.15, 0.2) is 40.9 Å². The fourth-order valence-electron chi connectivity index (χ4n) is 4.71. The lowest BCUT2D eigenvalue weighted by molar-refractivity contribution is -0.286. The molecule has 2 aromatic rings. The van der Waals surface area contributed by atoms with Crippen LogP contribution in [-0.4, -0.2) is 29.9 Å². The SMILES string of the molecule is C[C@H]([C@@H](C(=O)Nc1cc(C(CC(=O)OC(C)(C)C)C2CC2)ccc1Br)c1ccc2c(c1)OC(F)(F)O2)C(F)(F)F. The first-order valence-electron chi connectivity index (χ1n) is 12.7. The van der Waals surface area contributed by atoms with Gasteiger partial charge < -0.3 is 19.5 Å². The van der Waals surface area contributed by atoms with Crippen LogP contribution in [0.3, 0.4) is 0 Å². The monoisotopic (exact) mass is 633 g/mol. The molecule has 40 heavy (non-hydrogen) atoms. The van der Waals surface area contributed by atoms with Crippen molar-refractivity contribution in [2.75, 3.05) is 5.32 Å². The molecule has 2 aliphatic rings. The predicted octanol–water partition coefficient (Wildman–Crippen LogP) is 7.92. The summed E-state index contributed by atoms with van der Waals surface area (Å²) in [6, 6.07) is 8.21. The summed E-state index contributed by atoms with van der Waals surface area (Å²) in [5, 5.41) is 2.57. The Kier molecular flexibility index (Phi) is 8.14. The van der Waals surface area contributed by atoms with Crippen molar-refractivity contribution in [2.45, 2.75) is 76.9 Å². The Morgan fingerprint density at radius 1 is 1.05 bits per heavy atom. The van der Waals surface area contributed by atoms with Gasteiger partial charge in [0.2, 0.25) is 5.91 Å². The Morgan fingerprint density at radius 3 is 2.27 bits per heavy atom. The molecule has 3 atom stereocenters. The van der Waals surface area contributed by atoms with Gasteiger partial charge in [0.15, 0.2) is 11.5 Å². The van der Waals surface area contributed by atoms with Crippen molar-refractivity contribution < 1.29 is 45.8 Å². The van der Waals surface area contributed by atoms with E-state index in [9.17, 15) is 31.5 Å². The number of benzene rings is 2. The van der Waals surface area contributed by atoms with Gasteiger partial charge in [-0.15, -0.1) is 8.78 Å². The summed E-state index contributed by atoms with van der Waals surface area (Å²) in [5.41, 5.74) is 0.121. The first kappa shape index (κ1) is 30.1. The number of carbonyl (C=O) groups is 2. The van der Waals surface area contributed by atoms with Crippen LogP contribution >= 0.6 is 15.9 Å². The zero-order valence-corrected chi connectivity index (χ0v) is 23.8. The van der Waals surface area contributed by atoms with Gasteiger partial charge >= 0.3 is 18.4 Å². The second kappa shape index (κ2) is 10.8. The Bertz CT molecular complexity index is 1290. The number of carbonyl (C=O) groups excluding carboxylic acids is 2. The third-order valence-corrected chi connectivity index (χ3v) is 7.45. The number of anilines is 1. The summed E-state index contributed by atoms with van der Waals surface area (Å²) in [4.78, 5) is 26.0. The highest BCUT2D eigenvalue weighted by molar-refractivity contribution is 9.10.